The molecule has 0 aliphatic carbocycles. The average Bonchev–Trinajstić information content (AvgIpc) is 2.90. The number of aryl methyl sites for hydroxylation is 1. The van der Waals surface area contributed by atoms with Crippen LogP contribution in [0.15, 0.2) is 42.6 Å². The second-order valence-electron chi connectivity index (χ2n) is 5.88. The van der Waals surface area contributed by atoms with E-state index in [0.29, 0.717) is 28.6 Å². The van der Waals surface area contributed by atoms with E-state index in [4.69, 9.17) is 23.2 Å². The summed E-state index contributed by atoms with van der Waals surface area (Å²) in [5, 5.41) is 8.30. The van der Waals surface area contributed by atoms with Gasteiger partial charge in [-0.15, -0.1) is 0 Å². The number of carbonyl (C=O) groups is 1. The monoisotopic (exact) mass is 388 g/mol. The molecule has 0 saturated heterocycles. The molecule has 5 nitrogen and oxygen atoms in total. The van der Waals surface area contributed by atoms with E-state index in [-0.39, 0.29) is 5.91 Å². The third kappa shape index (κ3) is 3.89. The van der Waals surface area contributed by atoms with Crippen LogP contribution in [0.1, 0.15) is 27.3 Å². The number of nitrogens with one attached hydrogen (secondary N) is 1. The second kappa shape index (κ2) is 7.89. The number of halogens is 2. The predicted molar refractivity (Wildman–Crippen MR) is 103 cm³/mol. The summed E-state index contributed by atoms with van der Waals surface area (Å²) in [6, 6.07) is 10.5. The molecule has 1 amide bonds. The van der Waals surface area contributed by atoms with Gasteiger partial charge in [0.05, 0.1) is 16.3 Å². The minimum Gasteiger partial charge on any atom is -0.352 e. The molecule has 2 aromatic heterocycles. The minimum atomic E-state index is -0.223. The molecule has 7 heteroatoms. The Morgan fingerprint density at radius 1 is 1.19 bits per heavy atom. The summed E-state index contributed by atoms with van der Waals surface area (Å²) >= 11 is 11.9. The highest BCUT2D eigenvalue weighted by molar-refractivity contribution is 6.36. The Kier molecular flexibility index (Phi) is 5.59. The van der Waals surface area contributed by atoms with Crippen LogP contribution >= 0.6 is 23.2 Å². The SMILES string of the molecule is Cc1nn(-c2ccccn2)c(C)c1CCNC(=O)c1ccc(Cl)cc1Cl. The lowest BCUT2D eigenvalue weighted by atomic mass is 10.1. The first-order valence-electron chi connectivity index (χ1n) is 8.17. The quantitative estimate of drug-likeness (QED) is 0.713. The molecule has 0 aliphatic rings. The van der Waals surface area contributed by atoms with Crippen molar-refractivity contribution in [3.8, 4) is 5.82 Å². The smallest absolute Gasteiger partial charge is 0.252 e. The van der Waals surface area contributed by atoms with Crippen molar-refractivity contribution in [3.05, 3.63) is 75.2 Å². The minimum absolute atomic E-state index is 0.223. The van der Waals surface area contributed by atoms with Gasteiger partial charge in [-0.2, -0.15) is 5.10 Å². The van der Waals surface area contributed by atoms with Gasteiger partial charge in [0.2, 0.25) is 0 Å². The topological polar surface area (TPSA) is 59.8 Å². The predicted octanol–water partition coefficient (Wildman–Crippen LogP) is 4.16. The van der Waals surface area contributed by atoms with Crippen molar-refractivity contribution in [2.24, 2.45) is 0 Å². The standard InChI is InChI=1S/C19H18Cl2N4O/c1-12-15(13(2)25(24-12)18-5-3-4-9-22-18)8-10-23-19(26)16-7-6-14(20)11-17(16)21/h3-7,9,11H,8,10H2,1-2H3,(H,23,26). The van der Waals surface area contributed by atoms with E-state index in [1.807, 2.05) is 36.7 Å². The van der Waals surface area contributed by atoms with E-state index in [0.717, 1.165) is 22.8 Å². The molecule has 1 N–H and O–H groups in total. The third-order valence-corrected chi connectivity index (χ3v) is 4.69. The summed E-state index contributed by atoms with van der Waals surface area (Å²) in [7, 11) is 0. The molecule has 3 rings (SSSR count). The van der Waals surface area contributed by atoms with E-state index in [9.17, 15) is 4.79 Å². The van der Waals surface area contributed by atoms with Crippen molar-refractivity contribution < 1.29 is 4.79 Å². The zero-order valence-electron chi connectivity index (χ0n) is 14.5. The van der Waals surface area contributed by atoms with Gasteiger partial charge in [0, 0.05) is 23.5 Å². The molecule has 0 saturated carbocycles. The molecule has 0 radical (unpaired) electrons. The van der Waals surface area contributed by atoms with Crippen LogP contribution in [0.25, 0.3) is 5.82 Å². The second-order valence-corrected chi connectivity index (χ2v) is 6.72. The number of pyridine rings is 1. The number of carbonyl (C=O) groups excluding carboxylic acids is 1. The first kappa shape index (κ1) is 18.4. The van der Waals surface area contributed by atoms with Gasteiger partial charge in [0.15, 0.2) is 5.82 Å². The summed E-state index contributed by atoms with van der Waals surface area (Å²) in [5.41, 5.74) is 3.44. The van der Waals surface area contributed by atoms with Crippen LogP contribution in [-0.4, -0.2) is 27.2 Å². The van der Waals surface area contributed by atoms with E-state index in [1.54, 1.807) is 24.4 Å². The lowest BCUT2D eigenvalue weighted by Gasteiger charge is -2.08. The van der Waals surface area contributed by atoms with Gasteiger partial charge in [-0.3, -0.25) is 4.79 Å². The van der Waals surface area contributed by atoms with Crippen LogP contribution < -0.4 is 5.32 Å². The maximum absolute atomic E-state index is 12.3. The number of hydrogen-bond donors (Lipinski definition) is 1. The van der Waals surface area contributed by atoms with Crippen LogP contribution in [0.4, 0.5) is 0 Å². The Labute approximate surface area is 162 Å². The van der Waals surface area contributed by atoms with E-state index in [1.165, 1.54) is 0 Å². The Balaban J connectivity index is 1.69. The van der Waals surface area contributed by atoms with Crippen molar-refractivity contribution in [2.75, 3.05) is 6.54 Å². The third-order valence-electron chi connectivity index (χ3n) is 4.14. The number of amides is 1. The number of rotatable bonds is 5. The normalized spacial score (nSPS) is 10.8. The molecule has 3 aromatic rings. The van der Waals surface area contributed by atoms with Gasteiger partial charge in [-0.05, 0) is 56.2 Å². The summed E-state index contributed by atoms with van der Waals surface area (Å²) in [4.78, 5) is 16.6. The number of nitrogens with zero attached hydrogens (tertiary/aromatic N) is 3. The number of aromatic nitrogens is 3. The molecular formula is C19H18Cl2N4O. The van der Waals surface area contributed by atoms with Gasteiger partial charge in [-0.1, -0.05) is 29.3 Å². The molecule has 26 heavy (non-hydrogen) atoms. The van der Waals surface area contributed by atoms with Gasteiger partial charge in [0.25, 0.3) is 5.91 Å². The number of benzene rings is 1. The van der Waals surface area contributed by atoms with Crippen LogP contribution in [0.3, 0.4) is 0 Å². The fourth-order valence-corrected chi connectivity index (χ4v) is 3.30. The van der Waals surface area contributed by atoms with Crippen molar-refractivity contribution >= 4 is 29.1 Å². The lowest BCUT2D eigenvalue weighted by molar-refractivity contribution is 0.0954. The summed E-state index contributed by atoms with van der Waals surface area (Å²) in [6.07, 6.45) is 2.41. The molecule has 134 valence electrons. The Morgan fingerprint density at radius 2 is 2.00 bits per heavy atom. The van der Waals surface area contributed by atoms with Gasteiger partial charge >= 0.3 is 0 Å². The van der Waals surface area contributed by atoms with Crippen LogP contribution in [-0.2, 0) is 6.42 Å². The van der Waals surface area contributed by atoms with Gasteiger partial charge < -0.3 is 5.32 Å². The van der Waals surface area contributed by atoms with E-state index in [2.05, 4.69) is 15.4 Å². The molecule has 2 heterocycles. The summed E-state index contributed by atoms with van der Waals surface area (Å²) < 4.78 is 1.82. The highest BCUT2D eigenvalue weighted by Crippen LogP contribution is 2.21. The van der Waals surface area contributed by atoms with Gasteiger partial charge in [-0.25, -0.2) is 9.67 Å². The fourth-order valence-electron chi connectivity index (χ4n) is 2.81. The Morgan fingerprint density at radius 3 is 2.69 bits per heavy atom. The van der Waals surface area contributed by atoms with Crippen molar-refractivity contribution in [2.45, 2.75) is 20.3 Å². The maximum Gasteiger partial charge on any atom is 0.252 e. The first-order chi connectivity index (χ1) is 12.5. The highest BCUT2D eigenvalue weighted by atomic mass is 35.5. The zero-order chi connectivity index (χ0) is 18.7. The van der Waals surface area contributed by atoms with E-state index >= 15 is 0 Å². The zero-order valence-corrected chi connectivity index (χ0v) is 16.0. The molecule has 0 spiro atoms. The molecule has 0 bridgehead atoms. The molecule has 0 atom stereocenters. The first-order valence-corrected chi connectivity index (χ1v) is 8.92. The molecule has 0 unspecified atom stereocenters. The summed E-state index contributed by atoms with van der Waals surface area (Å²) in [6.45, 7) is 4.44. The Hall–Kier alpha value is -2.37. The van der Waals surface area contributed by atoms with Crippen molar-refractivity contribution in [1.29, 1.82) is 0 Å². The summed E-state index contributed by atoms with van der Waals surface area (Å²) in [5.74, 6) is 0.551. The van der Waals surface area contributed by atoms with Crippen molar-refractivity contribution in [3.63, 3.8) is 0 Å². The molecule has 0 fully saturated rings. The molecular weight excluding hydrogens is 371 g/mol. The number of hydrogen-bond acceptors (Lipinski definition) is 3. The largest absolute Gasteiger partial charge is 0.352 e. The van der Waals surface area contributed by atoms with Crippen LogP contribution in [0.2, 0.25) is 10.0 Å². The van der Waals surface area contributed by atoms with Gasteiger partial charge in [0.1, 0.15) is 0 Å². The molecule has 1 aromatic carbocycles. The average molecular weight is 389 g/mol. The maximum atomic E-state index is 12.3. The molecule has 0 aliphatic heterocycles. The van der Waals surface area contributed by atoms with Crippen LogP contribution in [0.5, 0.6) is 0 Å². The highest BCUT2D eigenvalue weighted by Gasteiger charge is 2.15. The fraction of sp³-hybridized carbons (Fsp3) is 0.211. The van der Waals surface area contributed by atoms with E-state index < -0.39 is 0 Å². The van der Waals surface area contributed by atoms with Crippen LogP contribution in [0, 0.1) is 13.8 Å². The van der Waals surface area contributed by atoms with Crippen molar-refractivity contribution in [1.82, 2.24) is 20.1 Å². The lowest BCUT2D eigenvalue weighted by Crippen LogP contribution is -2.26. The Bertz CT molecular complexity index is 938.